The molecular weight excluding hydrogens is 284 g/mol. The third-order valence-electron chi connectivity index (χ3n) is 4.48. The van der Waals surface area contributed by atoms with Crippen LogP contribution in [0.4, 0.5) is 0 Å². The van der Waals surface area contributed by atoms with Crippen molar-refractivity contribution in [3.63, 3.8) is 0 Å². The van der Waals surface area contributed by atoms with Crippen molar-refractivity contribution in [2.45, 2.75) is 85.2 Å². The molecule has 3 atom stereocenters. The Morgan fingerprint density at radius 2 is 1.86 bits per heavy atom. The molecule has 1 aliphatic carbocycles. The highest BCUT2D eigenvalue weighted by molar-refractivity contribution is 5.85. The first-order chi connectivity index (χ1) is 9.20. The lowest BCUT2D eigenvalue weighted by Gasteiger charge is -2.34. The quantitative estimate of drug-likeness (QED) is 0.808. The van der Waals surface area contributed by atoms with E-state index >= 15 is 0 Å². The molecule has 1 fully saturated rings. The van der Waals surface area contributed by atoms with Gasteiger partial charge in [0.2, 0.25) is 5.91 Å². The summed E-state index contributed by atoms with van der Waals surface area (Å²) in [5.41, 5.74) is 6.11. The maximum absolute atomic E-state index is 12.5. The van der Waals surface area contributed by atoms with E-state index in [1.54, 1.807) is 0 Å². The molecule has 1 amide bonds. The molecule has 1 saturated carbocycles. The zero-order valence-corrected chi connectivity index (χ0v) is 15.3. The van der Waals surface area contributed by atoms with Crippen molar-refractivity contribution in [2.75, 3.05) is 0 Å². The Bertz CT molecular complexity index is 312. The fourth-order valence-electron chi connectivity index (χ4n) is 2.98. The number of rotatable bonds is 5. The largest absolute Gasteiger partial charge is 0.353 e. The van der Waals surface area contributed by atoms with Gasteiger partial charge in [0, 0.05) is 18.0 Å². The van der Waals surface area contributed by atoms with Crippen LogP contribution in [0.25, 0.3) is 0 Å². The Labute approximate surface area is 137 Å². The van der Waals surface area contributed by atoms with Crippen LogP contribution < -0.4 is 11.1 Å². The Hall–Kier alpha value is -0.280. The van der Waals surface area contributed by atoms with Crippen LogP contribution in [-0.2, 0) is 4.79 Å². The second kappa shape index (κ2) is 8.99. The number of amides is 1. The van der Waals surface area contributed by atoms with Crippen LogP contribution in [0.3, 0.4) is 0 Å². The van der Waals surface area contributed by atoms with E-state index in [2.05, 4.69) is 39.9 Å². The number of nitrogens with two attached hydrogens (primary N) is 1. The molecule has 1 aliphatic rings. The number of halogens is 1. The van der Waals surface area contributed by atoms with Crippen LogP contribution >= 0.6 is 12.4 Å². The van der Waals surface area contributed by atoms with Crippen LogP contribution in [0.15, 0.2) is 0 Å². The highest BCUT2D eigenvalue weighted by Gasteiger charge is 2.30. The Kier molecular flexibility index (Phi) is 8.87. The molecule has 1 rings (SSSR count). The molecule has 0 aromatic carbocycles. The molecule has 4 heteroatoms. The van der Waals surface area contributed by atoms with E-state index in [1.165, 1.54) is 0 Å². The topological polar surface area (TPSA) is 55.1 Å². The molecule has 0 aromatic heterocycles. The Balaban J connectivity index is 0.00000400. The van der Waals surface area contributed by atoms with E-state index < -0.39 is 0 Å². The molecule has 3 unspecified atom stereocenters. The summed E-state index contributed by atoms with van der Waals surface area (Å²) >= 11 is 0. The van der Waals surface area contributed by atoms with Crippen LogP contribution in [0.2, 0.25) is 0 Å². The first kappa shape index (κ1) is 20.7. The highest BCUT2D eigenvalue weighted by Crippen LogP contribution is 2.27. The van der Waals surface area contributed by atoms with Gasteiger partial charge in [-0.25, -0.2) is 0 Å². The van der Waals surface area contributed by atoms with Gasteiger partial charge in [-0.3, -0.25) is 4.79 Å². The minimum absolute atomic E-state index is 0. The average molecular weight is 319 g/mol. The van der Waals surface area contributed by atoms with Crippen molar-refractivity contribution < 1.29 is 4.79 Å². The van der Waals surface area contributed by atoms with Crippen molar-refractivity contribution in [1.29, 1.82) is 0 Å². The SMILES string of the molecule is CC(C)CCC(NC(=O)C1CCCC(N)C1)C(C)(C)C.Cl. The molecule has 3 N–H and O–H groups in total. The van der Waals surface area contributed by atoms with Gasteiger partial charge in [-0.05, 0) is 43.4 Å². The van der Waals surface area contributed by atoms with E-state index in [-0.39, 0.29) is 41.7 Å². The van der Waals surface area contributed by atoms with Gasteiger partial charge in [0.15, 0.2) is 0 Å². The third-order valence-corrected chi connectivity index (χ3v) is 4.48. The predicted octanol–water partition coefficient (Wildman–Crippen LogP) is 3.89. The van der Waals surface area contributed by atoms with Gasteiger partial charge in [-0.2, -0.15) is 0 Å². The lowest BCUT2D eigenvalue weighted by molar-refractivity contribution is -0.127. The molecule has 0 spiro atoms. The Morgan fingerprint density at radius 3 is 2.33 bits per heavy atom. The van der Waals surface area contributed by atoms with E-state index in [1.807, 2.05) is 0 Å². The summed E-state index contributed by atoms with van der Waals surface area (Å²) in [6, 6.07) is 0.471. The molecule has 0 aromatic rings. The molecule has 0 aliphatic heterocycles. The van der Waals surface area contributed by atoms with Gasteiger partial charge in [0.25, 0.3) is 0 Å². The monoisotopic (exact) mass is 318 g/mol. The molecule has 0 heterocycles. The van der Waals surface area contributed by atoms with E-state index in [9.17, 15) is 4.79 Å². The molecule has 0 saturated heterocycles. The highest BCUT2D eigenvalue weighted by atomic mass is 35.5. The summed E-state index contributed by atoms with van der Waals surface area (Å²) in [5, 5.41) is 3.31. The lowest BCUT2D eigenvalue weighted by Crippen LogP contribution is -2.47. The molecular formula is C17H35ClN2O. The number of hydrogen-bond acceptors (Lipinski definition) is 2. The van der Waals surface area contributed by atoms with Gasteiger partial charge in [0.1, 0.15) is 0 Å². The zero-order chi connectivity index (χ0) is 15.3. The fourth-order valence-corrected chi connectivity index (χ4v) is 2.98. The first-order valence-electron chi connectivity index (χ1n) is 8.26. The minimum Gasteiger partial charge on any atom is -0.353 e. The second-order valence-electron chi connectivity index (χ2n) is 8.02. The number of carbonyl (C=O) groups excluding carboxylic acids is 1. The average Bonchev–Trinajstić information content (AvgIpc) is 2.32. The second-order valence-corrected chi connectivity index (χ2v) is 8.02. The molecule has 21 heavy (non-hydrogen) atoms. The smallest absolute Gasteiger partial charge is 0.223 e. The third kappa shape index (κ3) is 7.51. The standard InChI is InChI=1S/C17H34N2O.ClH/c1-12(2)9-10-15(17(3,4)5)19-16(20)13-7-6-8-14(18)11-13;/h12-15H,6-11,18H2,1-5H3,(H,19,20);1H. The summed E-state index contributed by atoms with van der Waals surface area (Å²) in [7, 11) is 0. The number of hydrogen-bond donors (Lipinski definition) is 2. The maximum atomic E-state index is 12.5. The normalized spacial score (nSPS) is 24.3. The molecule has 126 valence electrons. The van der Waals surface area contributed by atoms with E-state index in [0.29, 0.717) is 5.92 Å². The van der Waals surface area contributed by atoms with Crippen LogP contribution in [0, 0.1) is 17.3 Å². The van der Waals surface area contributed by atoms with Crippen molar-refractivity contribution in [3.8, 4) is 0 Å². The summed E-state index contributed by atoms with van der Waals surface area (Å²) in [6.45, 7) is 11.1. The minimum atomic E-state index is 0. The molecule has 3 nitrogen and oxygen atoms in total. The van der Waals surface area contributed by atoms with Crippen LogP contribution in [0.5, 0.6) is 0 Å². The van der Waals surface area contributed by atoms with Crippen molar-refractivity contribution in [3.05, 3.63) is 0 Å². The number of carbonyl (C=O) groups is 1. The van der Waals surface area contributed by atoms with Crippen molar-refractivity contribution in [2.24, 2.45) is 23.0 Å². The summed E-state index contributed by atoms with van der Waals surface area (Å²) in [6.07, 6.45) is 6.23. The van der Waals surface area contributed by atoms with Crippen molar-refractivity contribution >= 4 is 18.3 Å². The lowest BCUT2D eigenvalue weighted by atomic mass is 9.81. The van der Waals surface area contributed by atoms with Crippen LogP contribution in [-0.4, -0.2) is 18.0 Å². The Morgan fingerprint density at radius 1 is 1.24 bits per heavy atom. The number of nitrogens with one attached hydrogen (secondary N) is 1. The summed E-state index contributed by atoms with van der Waals surface area (Å²) < 4.78 is 0. The van der Waals surface area contributed by atoms with E-state index in [0.717, 1.165) is 38.5 Å². The van der Waals surface area contributed by atoms with Gasteiger partial charge in [-0.1, -0.05) is 41.0 Å². The van der Waals surface area contributed by atoms with Crippen LogP contribution in [0.1, 0.15) is 73.1 Å². The summed E-state index contributed by atoms with van der Waals surface area (Å²) in [5.74, 6) is 1.03. The maximum Gasteiger partial charge on any atom is 0.223 e. The zero-order valence-electron chi connectivity index (χ0n) is 14.4. The van der Waals surface area contributed by atoms with Gasteiger partial charge in [-0.15, -0.1) is 12.4 Å². The van der Waals surface area contributed by atoms with Crippen molar-refractivity contribution in [1.82, 2.24) is 5.32 Å². The first-order valence-corrected chi connectivity index (χ1v) is 8.26. The fraction of sp³-hybridized carbons (Fsp3) is 0.941. The molecule has 0 bridgehead atoms. The van der Waals surface area contributed by atoms with Gasteiger partial charge in [0.05, 0.1) is 0 Å². The van der Waals surface area contributed by atoms with Gasteiger partial charge >= 0.3 is 0 Å². The predicted molar refractivity (Wildman–Crippen MR) is 92.6 cm³/mol. The van der Waals surface area contributed by atoms with Gasteiger partial charge < -0.3 is 11.1 Å². The summed E-state index contributed by atoms with van der Waals surface area (Å²) in [4.78, 5) is 12.5. The van der Waals surface area contributed by atoms with E-state index in [4.69, 9.17) is 5.73 Å². The molecule has 0 radical (unpaired) electrons.